The molecule has 27 heavy (non-hydrogen) atoms. The van der Waals surface area contributed by atoms with Crippen molar-refractivity contribution in [2.24, 2.45) is 0 Å². The number of esters is 1. The minimum absolute atomic E-state index is 0.128. The average molecular weight is 378 g/mol. The highest BCUT2D eigenvalue weighted by atomic mass is 16.6. The lowest BCUT2D eigenvalue weighted by Crippen LogP contribution is -2.46. The summed E-state index contributed by atoms with van der Waals surface area (Å²) >= 11 is 0. The smallest absolute Gasteiger partial charge is 0.344 e. The molecule has 0 heterocycles. The number of hydrogen-bond acceptors (Lipinski definition) is 6. The standard InChI is InChI=1S/C19H26N2O6/c1-6-7-14-8-9-15(16(10-14)25-5)26-11-17(22)27-13(4)18(23)21-19(24)20-12(2)3/h6,8-10,12-13H,1,7,11H2,2-5H3,(H2,20,21,23,24)/t13-/m0/s1. The highest BCUT2D eigenvalue weighted by molar-refractivity contribution is 5.97. The van der Waals surface area contributed by atoms with Crippen molar-refractivity contribution < 1.29 is 28.6 Å². The van der Waals surface area contributed by atoms with Crippen LogP contribution in [0.3, 0.4) is 0 Å². The number of methoxy groups -OCH3 is 1. The SMILES string of the molecule is C=CCc1ccc(OCC(=O)O[C@@H](C)C(=O)NC(=O)NC(C)C)c(OC)c1. The fourth-order valence-electron chi connectivity index (χ4n) is 2.06. The second kappa shape index (κ2) is 10.8. The zero-order valence-corrected chi connectivity index (χ0v) is 16.0. The summed E-state index contributed by atoms with van der Waals surface area (Å²) in [4.78, 5) is 35.2. The fraction of sp³-hybridized carbons (Fsp3) is 0.421. The topological polar surface area (TPSA) is 103 Å². The Kier molecular flexibility index (Phi) is 8.84. The molecule has 0 aliphatic heterocycles. The van der Waals surface area contributed by atoms with E-state index in [1.54, 1.807) is 32.1 Å². The number of rotatable bonds is 9. The van der Waals surface area contributed by atoms with Crippen molar-refractivity contribution in [2.45, 2.75) is 39.3 Å². The summed E-state index contributed by atoms with van der Waals surface area (Å²) in [7, 11) is 1.49. The van der Waals surface area contributed by atoms with Gasteiger partial charge in [-0.1, -0.05) is 12.1 Å². The van der Waals surface area contributed by atoms with Gasteiger partial charge in [-0.15, -0.1) is 6.58 Å². The largest absolute Gasteiger partial charge is 0.493 e. The van der Waals surface area contributed by atoms with Crippen molar-refractivity contribution in [3.63, 3.8) is 0 Å². The first-order valence-electron chi connectivity index (χ1n) is 8.48. The van der Waals surface area contributed by atoms with Crippen molar-refractivity contribution in [1.29, 1.82) is 0 Å². The number of imide groups is 1. The van der Waals surface area contributed by atoms with Crippen LogP contribution in [0, 0.1) is 0 Å². The average Bonchev–Trinajstić information content (AvgIpc) is 2.59. The fourth-order valence-corrected chi connectivity index (χ4v) is 2.06. The van der Waals surface area contributed by atoms with Gasteiger partial charge in [0.2, 0.25) is 0 Å². The van der Waals surface area contributed by atoms with Crippen LogP contribution in [0.15, 0.2) is 30.9 Å². The molecule has 1 atom stereocenters. The molecule has 0 unspecified atom stereocenters. The van der Waals surface area contributed by atoms with Gasteiger partial charge in [0.05, 0.1) is 7.11 Å². The van der Waals surface area contributed by atoms with Gasteiger partial charge < -0.3 is 19.5 Å². The Bertz CT molecular complexity index is 687. The number of hydrogen-bond donors (Lipinski definition) is 2. The van der Waals surface area contributed by atoms with Gasteiger partial charge in [-0.2, -0.15) is 0 Å². The zero-order valence-electron chi connectivity index (χ0n) is 16.0. The molecule has 0 bridgehead atoms. The lowest BCUT2D eigenvalue weighted by atomic mass is 10.1. The summed E-state index contributed by atoms with van der Waals surface area (Å²) in [5.41, 5.74) is 0.988. The Balaban J connectivity index is 2.53. The molecule has 3 amide bonds. The van der Waals surface area contributed by atoms with Crippen LogP contribution in [0.2, 0.25) is 0 Å². The van der Waals surface area contributed by atoms with E-state index in [4.69, 9.17) is 14.2 Å². The van der Waals surface area contributed by atoms with Gasteiger partial charge in [-0.05, 0) is 44.9 Å². The first kappa shape index (κ1) is 22.0. The van der Waals surface area contributed by atoms with Crippen LogP contribution < -0.4 is 20.1 Å². The summed E-state index contributed by atoms with van der Waals surface area (Å²) in [5, 5.41) is 4.59. The molecule has 1 aromatic rings. The molecule has 8 heteroatoms. The monoisotopic (exact) mass is 378 g/mol. The number of urea groups is 1. The zero-order chi connectivity index (χ0) is 20.4. The summed E-state index contributed by atoms with van der Waals surface area (Å²) < 4.78 is 15.6. The molecule has 1 rings (SSSR count). The molecule has 2 N–H and O–H groups in total. The molecule has 0 saturated carbocycles. The molecule has 0 aromatic heterocycles. The first-order valence-corrected chi connectivity index (χ1v) is 8.48. The minimum atomic E-state index is -1.14. The maximum Gasteiger partial charge on any atom is 0.344 e. The van der Waals surface area contributed by atoms with E-state index in [0.29, 0.717) is 17.9 Å². The lowest BCUT2D eigenvalue weighted by molar-refractivity contribution is -0.156. The maximum atomic E-state index is 11.9. The number of amides is 3. The number of allylic oxidation sites excluding steroid dienone is 1. The molecule has 0 aliphatic carbocycles. The van der Waals surface area contributed by atoms with Crippen LogP contribution in [0.5, 0.6) is 11.5 Å². The summed E-state index contributed by atoms with van der Waals surface area (Å²) in [5.74, 6) is -0.638. The molecule has 0 fully saturated rings. The van der Waals surface area contributed by atoms with Crippen LogP contribution in [-0.2, 0) is 20.7 Å². The van der Waals surface area contributed by atoms with Crippen LogP contribution in [-0.4, -0.2) is 43.8 Å². The molecule has 0 saturated heterocycles. The van der Waals surface area contributed by atoms with Gasteiger partial charge in [-0.3, -0.25) is 10.1 Å². The molecule has 0 radical (unpaired) electrons. The van der Waals surface area contributed by atoms with E-state index in [2.05, 4.69) is 17.2 Å². The van der Waals surface area contributed by atoms with E-state index in [1.807, 2.05) is 6.07 Å². The normalized spacial score (nSPS) is 11.3. The van der Waals surface area contributed by atoms with Crippen molar-refractivity contribution in [3.8, 4) is 11.5 Å². The van der Waals surface area contributed by atoms with Gasteiger partial charge in [0.25, 0.3) is 5.91 Å². The summed E-state index contributed by atoms with van der Waals surface area (Å²) in [6.07, 6.45) is 1.30. The molecular weight excluding hydrogens is 352 g/mol. The Morgan fingerprint density at radius 1 is 1.19 bits per heavy atom. The Labute approximate surface area is 158 Å². The summed E-state index contributed by atoms with van der Waals surface area (Å²) in [6.45, 7) is 8.13. The number of carbonyl (C=O) groups is 3. The number of carbonyl (C=O) groups excluding carboxylic acids is 3. The van der Waals surface area contributed by atoms with Gasteiger partial charge in [0, 0.05) is 6.04 Å². The van der Waals surface area contributed by atoms with Crippen LogP contribution in [0.4, 0.5) is 4.79 Å². The van der Waals surface area contributed by atoms with Crippen molar-refractivity contribution >= 4 is 17.9 Å². The van der Waals surface area contributed by atoms with Gasteiger partial charge >= 0.3 is 12.0 Å². The molecule has 0 spiro atoms. The van der Waals surface area contributed by atoms with Crippen molar-refractivity contribution in [3.05, 3.63) is 36.4 Å². The Hall–Kier alpha value is -3.03. The van der Waals surface area contributed by atoms with E-state index in [9.17, 15) is 14.4 Å². The Morgan fingerprint density at radius 3 is 2.48 bits per heavy atom. The third kappa shape index (κ3) is 7.81. The van der Waals surface area contributed by atoms with Crippen molar-refractivity contribution in [2.75, 3.05) is 13.7 Å². The highest BCUT2D eigenvalue weighted by Crippen LogP contribution is 2.28. The van der Waals surface area contributed by atoms with Gasteiger partial charge in [-0.25, -0.2) is 9.59 Å². The predicted octanol–water partition coefficient (Wildman–Crippen LogP) is 1.97. The lowest BCUT2D eigenvalue weighted by Gasteiger charge is -2.15. The van der Waals surface area contributed by atoms with E-state index in [-0.39, 0.29) is 6.04 Å². The molecule has 8 nitrogen and oxygen atoms in total. The first-order chi connectivity index (χ1) is 12.8. The predicted molar refractivity (Wildman–Crippen MR) is 99.8 cm³/mol. The molecule has 0 aliphatic rings. The number of ether oxygens (including phenoxy) is 3. The van der Waals surface area contributed by atoms with E-state index >= 15 is 0 Å². The quantitative estimate of drug-likeness (QED) is 0.503. The summed E-state index contributed by atoms with van der Waals surface area (Å²) in [6, 6.07) is 4.51. The second-order valence-corrected chi connectivity index (χ2v) is 6.02. The van der Waals surface area contributed by atoms with E-state index in [1.165, 1.54) is 14.0 Å². The van der Waals surface area contributed by atoms with Crippen LogP contribution in [0.1, 0.15) is 26.3 Å². The maximum absolute atomic E-state index is 11.9. The number of nitrogens with one attached hydrogen (secondary N) is 2. The minimum Gasteiger partial charge on any atom is -0.493 e. The third-order valence-corrected chi connectivity index (χ3v) is 3.29. The third-order valence-electron chi connectivity index (χ3n) is 3.29. The van der Waals surface area contributed by atoms with Crippen molar-refractivity contribution in [1.82, 2.24) is 10.6 Å². The Morgan fingerprint density at radius 2 is 1.89 bits per heavy atom. The molecule has 1 aromatic carbocycles. The van der Waals surface area contributed by atoms with Gasteiger partial charge in [0.15, 0.2) is 24.2 Å². The molecular formula is C19H26N2O6. The second-order valence-electron chi connectivity index (χ2n) is 6.02. The van der Waals surface area contributed by atoms with Crippen LogP contribution >= 0.6 is 0 Å². The van der Waals surface area contributed by atoms with Crippen LogP contribution in [0.25, 0.3) is 0 Å². The molecule has 148 valence electrons. The van der Waals surface area contributed by atoms with E-state index in [0.717, 1.165) is 5.56 Å². The number of benzene rings is 1. The highest BCUT2D eigenvalue weighted by Gasteiger charge is 2.20. The van der Waals surface area contributed by atoms with E-state index < -0.39 is 30.6 Å². The van der Waals surface area contributed by atoms with Gasteiger partial charge in [0.1, 0.15) is 0 Å².